The fourth-order valence-corrected chi connectivity index (χ4v) is 2.71. The minimum atomic E-state index is 0.0500. The number of hydrogen-bond acceptors (Lipinski definition) is 1. The zero-order chi connectivity index (χ0) is 13.7. The molecule has 0 spiro atoms. The molecule has 1 aliphatic rings. The van der Waals surface area contributed by atoms with Crippen molar-refractivity contribution in [2.45, 2.75) is 52.0 Å². The Labute approximate surface area is 116 Å². The second-order valence-corrected chi connectivity index (χ2v) is 5.34. The summed E-state index contributed by atoms with van der Waals surface area (Å²) in [5.74, 6) is 0. The van der Waals surface area contributed by atoms with Crippen LogP contribution in [0.25, 0.3) is 0 Å². The number of unbranched alkanes of at least 4 members (excludes halogenated alkanes) is 3. The van der Waals surface area contributed by atoms with Gasteiger partial charge >= 0.3 is 6.03 Å². The van der Waals surface area contributed by atoms with Crippen LogP contribution >= 0.6 is 0 Å². The lowest BCUT2D eigenvalue weighted by atomic mass is 10.1. The Morgan fingerprint density at radius 1 is 1.32 bits per heavy atom. The molecule has 19 heavy (non-hydrogen) atoms. The van der Waals surface area contributed by atoms with Gasteiger partial charge in [0.2, 0.25) is 0 Å². The van der Waals surface area contributed by atoms with Gasteiger partial charge in [0, 0.05) is 18.3 Å². The highest BCUT2D eigenvalue weighted by atomic mass is 16.2. The van der Waals surface area contributed by atoms with Crippen LogP contribution in [0.4, 0.5) is 10.5 Å². The van der Waals surface area contributed by atoms with Crippen LogP contribution in [0, 0.1) is 0 Å². The van der Waals surface area contributed by atoms with Crippen molar-refractivity contribution in [1.29, 1.82) is 0 Å². The average Bonchev–Trinajstić information content (AvgIpc) is 2.74. The summed E-state index contributed by atoms with van der Waals surface area (Å²) in [7, 11) is 0. The SMILES string of the molecule is CCCCCCNC(=O)N1c2ccccc2C[C@H]1C. The summed E-state index contributed by atoms with van der Waals surface area (Å²) in [6.45, 7) is 5.09. The smallest absolute Gasteiger partial charge is 0.322 e. The number of hydrogen-bond donors (Lipinski definition) is 1. The van der Waals surface area contributed by atoms with Crippen molar-refractivity contribution in [2.75, 3.05) is 11.4 Å². The Hall–Kier alpha value is -1.51. The van der Waals surface area contributed by atoms with E-state index in [4.69, 9.17) is 0 Å². The molecule has 3 heteroatoms. The molecule has 0 aliphatic carbocycles. The predicted molar refractivity (Wildman–Crippen MR) is 79.6 cm³/mol. The van der Waals surface area contributed by atoms with Gasteiger partial charge in [-0.3, -0.25) is 4.90 Å². The number of carbonyl (C=O) groups excluding carboxylic acids is 1. The summed E-state index contributed by atoms with van der Waals surface area (Å²) in [6, 6.07) is 8.49. The Balaban J connectivity index is 1.89. The third-order valence-electron chi connectivity index (χ3n) is 3.73. The van der Waals surface area contributed by atoms with Crippen molar-refractivity contribution >= 4 is 11.7 Å². The van der Waals surface area contributed by atoms with Crippen molar-refractivity contribution in [2.24, 2.45) is 0 Å². The van der Waals surface area contributed by atoms with E-state index in [2.05, 4.69) is 25.2 Å². The number of anilines is 1. The van der Waals surface area contributed by atoms with Crippen LogP contribution in [-0.2, 0) is 6.42 Å². The first-order valence-corrected chi connectivity index (χ1v) is 7.39. The first-order valence-electron chi connectivity index (χ1n) is 7.39. The lowest BCUT2D eigenvalue weighted by molar-refractivity contribution is 0.245. The van der Waals surface area contributed by atoms with E-state index in [9.17, 15) is 4.79 Å². The minimum Gasteiger partial charge on any atom is -0.338 e. The van der Waals surface area contributed by atoms with E-state index < -0.39 is 0 Å². The fourth-order valence-electron chi connectivity index (χ4n) is 2.71. The van der Waals surface area contributed by atoms with Crippen LogP contribution in [-0.4, -0.2) is 18.6 Å². The topological polar surface area (TPSA) is 32.3 Å². The number of carbonyl (C=O) groups is 1. The molecule has 0 unspecified atom stereocenters. The second kappa shape index (κ2) is 6.60. The Morgan fingerprint density at radius 2 is 2.11 bits per heavy atom. The molecule has 1 aromatic carbocycles. The molecule has 1 aliphatic heterocycles. The summed E-state index contributed by atoms with van der Waals surface area (Å²) in [5, 5.41) is 3.04. The Bertz CT molecular complexity index is 431. The number of benzene rings is 1. The molecule has 1 heterocycles. The van der Waals surface area contributed by atoms with Gasteiger partial charge in [-0.2, -0.15) is 0 Å². The summed E-state index contributed by atoms with van der Waals surface area (Å²) < 4.78 is 0. The first-order chi connectivity index (χ1) is 9.24. The van der Waals surface area contributed by atoms with Crippen LogP contribution in [0.1, 0.15) is 45.1 Å². The third kappa shape index (κ3) is 3.28. The first kappa shape index (κ1) is 13.9. The molecule has 2 amide bonds. The number of amides is 2. The van der Waals surface area contributed by atoms with Gasteiger partial charge in [0.1, 0.15) is 0 Å². The largest absolute Gasteiger partial charge is 0.338 e. The molecule has 0 fully saturated rings. The lowest BCUT2D eigenvalue weighted by Crippen LogP contribution is -2.43. The van der Waals surface area contributed by atoms with Gasteiger partial charge in [-0.05, 0) is 31.4 Å². The minimum absolute atomic E-state index is 0.0500. The number of rotatable bonds is 5. The molecule has 0 saturated carbocycles. The molecule has 1 atom stereocenters. The molecule has 0 radical (unpaired) electrons. The number of nitrogens with one attached hydrogen (secondary N) is 1. The van der Waals surface area contributed by atoms with Gasteiger partial charge in [0.15, 0.2) is 0 Å². The number of urea groups is 1. The van der Waals surface area contributed by atoms with Gasteiger partial charge in [0.25, 0.3) is 0 Å². The maximum Gasteiger partial charge on any atom is 0.322 e. The summed E-state index contributed by atoms with van der Waals surface area (Å²) in [6.07, 6.45) is 5.70. The molecule has 1 N–H and O–H groups in total. The maximum absolute atomic E-state index is 12.3. The van der Waals surface area contributed by atoms with Crippen molar-refractivity contribution in [3.63, 3.8) is 0 Å². The molecule has 0 saturated heterocycles. The van der Waals surface area contributed by atoms with Crippen molar-refractivity contribution < 1.29 is 4.79 Å². The normalized spacial score (nSPS) is 17.4. The number of fused-ring (bicyclic) bond motifs is 1. The molecule has 0 bridgehead atoms. The zero-order valence-corrected chi connectivity index (χ0v) is 12.0. The second-order valence-electron chi connectivity index (χ2n) is 5.34. The van der Waals surface area contributed by atoms with E-state index in [1.54, 1.807) is 0 Å². The van der Waals surface area contributed by atoms with E-state index >= 15 is 0 Å². The van der Waals surface area contributed by atoms with Crippen molar-refractivity contribution in [3.05, 3.63) is 29.8 Å². The third-order valence-corrected chi connectivity index (χ3v) is 3.73. The predicted octanol–water partition coefficient (Wildman–Crippen LogP) is 3.73. The molecule has 0 aromatic heterocycles. The Kier molecular flexibility index (Phi) is 4.83. The van der Waals surface area contributed by atoms with E-state index in [1.807, 2.05) is 23.1 Å². The zero-order valence-electron chi connectivity index (χ0n) is 12.0. The van der Waals surface area contributed by atoms with Crippen molar-refractivity contribution in [1.82, 2.24) is 5.32 Å². The van der Waals surface area contributed by atoms with E-state index in [-0.39, 0.29) is 12.1 Å². The summed E-state index contributed by atoms with van der Waals surface area (Å²) in [4.78, 5) is 14.2. The van der Waals surface area contributed by atoms with Crippen LogP contribution in [0.5, 0.6) is 0 Å². The number of para-hydroxylation sites is 1. The van der Waals surface area contributed by atoms with Crippen LogP contribution < -0.4 is 10.2 Å². The fraction of sp³-hybridized carbons (Fsp3) is 0.562. The molecule has 104 valence electrons. The highest BCUT2D eigenvalue weighted by Crippen LogP contribution is 2.31. The molecular formula is C16H24N2O. The monoisotopic (exact) mass is 260 g/mol. The van der Waals surface area contributed by atoms with Crippen molar-refractivity contribution in [3.8, 4) is 0 Å². The van der Waals surface area contributed by atoms with Gasteiger partial charge in [-0.1, -0.05) is 44.4 Å². The van der Waals surface area contributed by atoms with Crippen LogP contribution in [0.2, 0.25) is 0 Å². The summed E-state index contributed by atoms with van der Waals surface area (Å²) in [5.41, 5.74) is 2.34. The standard InChI is InChI=1S/C16H24N2O/c1-3-4-5-8-11-17-16(19)18-13(2)12-14-9-6-7-10-15(14)18/h6-7,9-10,13H,3-5,8,11-12H2,1-2H3,(H,17,19)/t13-/m1/s1. The van der Waals surface area contributed by atoms with E-state index in [1.165, 1.54) is 24.8 Å². The van der Waals surface area contributed by atoms with Crippen LogP contribution in [0.15, 0.2) is 24.3 Å². The van der Waals surface area contributed by atoms with Gasteiger partial charge in [-0.25, -0.2) is 4.79 Å². The number of nitrogens with zero attached hydrogens (tertiary/aromatic N) is 1. The van der Waals surface area contributed by atoms with Gasteiger partial charge < -0.3 is 5.32 Å². The Morgan fingerprint density at radius 3 is 2.89 bits per heavy atom. The van der Waals surface area contributed by atoms with E-state index in [0.717, 1.165) is 25.1 Å². The maximum atomic E-state index is 12.3. The molecule has 1 aromatic rings. The highest BCUT2D eigenvalue weighted by molar-refractivity contribution is 5.94. The lowest BCUT2D eigenvalue weighted by Gasteiger charge is -2.23. The molecular weight excluding hydrogens is 236 g/mol. The van der Waals surface area contributed by atoms with E-state index in [0.29, 0.717) is 0 Å². The average molecular weight is 260 g/mol. The summed E-state index contributed by atoms with van der Waals surface area (Å²) >= 11 is 0. The quantitative estimate of drug-likeness (QED) is 0.804. The van der Waals surface area contributed by atoms with Gasteiger partial charge in [-0.15, -0.1) is 0 Å². The molecule has 3 nitrogen and oxygen atoms in total. The van der Waals surface area contributed by atoms with Gasteiger partial charge in [0.05, 0.1) is 0 Å². The molecule has 2 rings (SSSR count). The van der Waals surface area contributed by atoms with Crippen LogP contribution in [0.3, 0.4) is 0 Å². The highest BCUT2D eigenvalue weighted by Gasteiger charge is 2.30.